The highest BCUT2D eigenvalue weighted by molar-refractivity contribution is 5.83. The SMILES string of the molecule is Cn1cc(-c2cnc3nnn(Cc4c[nH]c5ccccc45)c3n2)cn1. The molecule has 4 aromatic heterocycles. The van der Waals surface area contributed by atoms with Crippen molar-refractivity contribution in [2.24, 2.45) is 7.05 Å². The Kier molecular flexibility index (Phi) is 2.90. The number of hydrogen-bond acceptors (Lipinski definition) is 5. The van der Waals surface area contributed by atoms with Crippen molar-refractivity contribution in [1.82, 2.24) is 39.7 Å². The molecule has 0 aliphatic rings. The second-order valence-corrected chi connectivity index (χ2v) is 5.91. The van der Waals surface area contributed by atoms with Gasteiger partial charge in [0, 0.05) is 35.9 Å². The Labute approximate surface area is 142 Å². The third-order valence-electron chi connectivity index (χ3n) is 4.22. The molecule has 0 saturated heterocycles. The molecule has 0 atom stereocenters. The van der Waals surface area contributed by atoms with Crippen molar-refractivity contribution in [3.05, 3.63) is 54.6 Å². The molecule has 8 heteroatoms. The summed E-state index contributed by atoms with van der Waals surface area (Å²) in [6.45, 7) is 0.575. The van der Waals surface area contributed by atoms with Gasteiger partial charge in [0.2, 0.25) is 5.65 Å². The summed E-state index contributed by atoms with van der Waals surface area (Å²) in [5, 5.41) is 13.7. The van der Waals surface area contributed by atoms with Gasteiger partial charge in [-0.1, -0.05) is 23.4 Å². The predicted octanol–water partition coefficient (Wildman–Crippen LogP) is 2.15. The summed E-state index contributed by atoms with van der Waals surface area (Å²) in [6, 6.07) is 8.18. The zero-order chi connectivity index (χ0) is 16.8. The number of aromatic nitrogens is 8. The minimum Gasteiger partial charge on any atom is -0.361 e. The Balaban J connectivity index is 1.59. The summed E-state index contributed by atoms with van der Waals surface area (Å²) in [5.41, 5.74) is 5.10. The van der Waals surface area contributed by atoms with Gasteiger partial charge in [0.1, 0.15) is 0 Å². The zero-order valence-corrected chi connectivity index (χ0v) is 13.5. The molecule has 0 radical (unpaired) electrons. The number of aromatic amines is 1. The van der Waals surface area contributed by atoms with E-state index in [2.05, 4.69) is 37.5 Å². The number of rotatable bonds is 3. The molecule has 5 rings (SSSR count). The van der Waals surface area contributed by atoms with Crippen LogP contribution in [0, 0.1) is 0 Å². The van der Waals surface area contributed by atoms with E-state index in [4.69, 9.17) is 4.98 Å². The number of nitrogens with zero attached hydrogens (tertiary/aromatic N) is 7. The molecular weight excluding hydrogens is 316 g/mol. The standard InChI is InChI=1S/C17H14N8/c1-24-9-12(7-20-24)15-8-19-16-17(21-15)25(23-22-16)10-11-6-18-14-5-3-2-4-13(11)14/h2-9,18H,10H2,1H3. The van der Waals surface area contributed by atoms with Crippen LogP contribution < -0.4 is 0 Å². The van der Waals surface area contributed by atoms with Gasteiger partial charge in [-0.25, -0.2) is 14.6 Å². The van der Waals surface area contributed by atoms with E-state index in [1.807, 2.05) is 31.6 Å². The maximum absolute atomic E-state index is 4.69. The molecule has 5 aromatic rings. The van der Waals surface area contributed by atoms with Crippen LogP contribution in [0.1, 0.15) is 5.56 Å². The lowest BCUT2D eigenvalue weighted by atomic mass is 10.2. The van der Waals surface area contributed by atoms with E-state index in [1.54, 1.807) is 21.8 Å². The average Bonchev–Trinajstić information content (AvgIpc) is 3.35. The van der Waals surface area contributed by atoms with Crippen LogP contribution in [0.25, 0.3) is 33.5 Å². The second-order valence-electron chi connectivity index (χ2n) is 5.91. The van der Waals surface area contributed by atoms with Crippen molar-refractivity contribution < 1.29 is 0 Å². The Morgan fingerprint density at radius 2 is 2.08 bits per heavy atom. The molecule has 1 N–H and O–H groups in total. The summed E-state index contributed by atoms with van der Waals surface area (Å²) < 4.78 is 3.51. The second kappa shape index (κ2) is 5.23. The molecule has 122 valence electrons. The van der Waals surface area contributed by atoms with Crippen LogP contribution in [0.4, 0.5) is 0 Å². The molecule has 0 aliphatic carbocycles. The number of H-pyrrole nitrogens is 1. The van der Waals surface area contributed by atoms with Gasteiger partial charge in [-0.15, -0.1) is 5.10 Å². The highest BCUT2D eigenvalue weighted by atomic mass is 15.5. The van der Waals surface area contributed by atoms with Gasteiger partial charge in [-0.3, -0.25) is 4.68 Å². The lowest BCUT2D eigenvalue weighted by Gasteiger charge is -2.02. The number of fused-ring (bicyclic) bond motifs is 2. The van der Waals surface area contributed by atoms with Crippen LogP contribution in [0.2, 0.25) is 0 Å². The van der Waals surface area contributed by atoms with E-state index in [0.717, 1.165) is 22.3 Å². The van der Waals surface area contributed by atoms with Crippen LogP contribution >= 0.6 is 0 Å². The molecule has 0 amide bonds. The minimum atomic E-state index is 0.535. The Hall–Kier alpha value is -3.55. The molecule has 25 heavy (non-hydrogen) atoms. The molecule has 0 saturated carbocycles. The fraction of sp³-hybridized carbons (Fsp3) is 0.118. The number of benzene rings is 1. The number of aryl methyl sites for hydroxylation is 1. The van der Waals surface area contributed by atoms with Gasteiger partial charge < -0.3 is 4.98 Å². The maximum Gasteiger partial charge on any atom is 0.221 e. The maximum atomic E-state index is 4.69. The van der Waals surface area contributed by atoms with E-state index in [-0.39, 0.29) is 0 Å². The number of nitrogens with one attached hydrogen (secondary N) is 1. The van der Waals surface area contributed by atoms with Crippen LogP contribution in [0.3, 0.4) is 0 Å². The molecule has 0 spiro atoms. The van der Waals surface area contributed by atoms with Crippen molar-refractivity contribution >= 4 is 22.2 Å². The third kappa shape index (κ3) is 2.26. The topological polar surface area (TPSA) is 90.1 Å². The highest BCUT2D eigenvalue weighted by Gasteiger charge is 2.12. The Morgan fingerprint density at radius 1 is 1.16 bits per heavy atom. The smallest absolute Gasteiger partial charge is 0.221 e. The van der Waals surface area contributed by atoms with Gasteiger partial charge in [-0.05, 0) is 11.6 Å². The van der Waals surface area contributed by atoms with Crippen LogP contribution in [0.5, 0.6) is 0 Å². The van der Waals surface area contributed by atoms with Crippen molar-refractivity contribution in [1.29, 1.82) is 0 Å². The molecule has 0 bridgehead atoms. The molecule has 4 heterocycles. The van der Waals surface area contributed by atoms with Crippen molar-refractivity contribution in [3.63, 3.8) is 0 Å². The quantitative estimate of drug-likeness (QED) is 0.547. The molecular formula is C17H14N8. The van der Waals surface area contributed by atoms with E-state index in [9.17, 15) is 0 Å². The first-order valence-corrected chi connectivity index (χ1v) is 7.88. The minimum absolute atomic E-state index is 0.535. The average molecular weight is 330 g/mol. The summed E-state index contributed by atoms with van der Waals surface area (Å²) >= 11 is 0. The Bertz CT molecular complexity index is 1200. The highest BCUT2D eigenvalue weighted by Crippen LogP contribution is 2.21. The summed E-state index contributed by atoms with van der Waals surface area (Å²) in [7, 11) is 1.87. The lowest BCUT2D eigenvalue weighted by molar-refractivity contribution is 0.667. The summed E-state index contributed by atoms with van der Waals surface area (Å²) in [5.74, 6) is 0. The van der Waals surface area contributed by atoms with Gasteiger partial charge in [-0.2, -0.15) is 5.10 Å². The zero-order valence-electron chi connectivity index (χ0n) is 13.5. The fourth-order valence-corrected chi connectivity index (χ4v) is 2.98. The molecule has 8 nitrogen and oxygen atoms in total. The molecule has 0 aliphatic heterocycles. The number of para-hydroxylation sites is 1. The third-order valence-corrected chi connectivity index (χ3v) is 4.22. The summed E-state index contributed by atoms with van der Waals surface area (Å²) in [4.78, 5) is 12.3. The Morgan fingerprint density at radius 3 is 2.96 bits per heavy atom. The largest absolute Gasteiger partial charge is 0.361 e. The van der Waals surface area contributed by atoms with E-state index in [0.29, 0.717) is 17.8 Å². The van der Waals surface area contributed by atoms with Crippen LogP contribution in [-0.4, -0.2) is 39.7 Å². The first kappa shape index (κ1) is 13.8. The van der Waals surface area contributed by atoms with Crippen molar-refractivity contribution in [3.8, 4) is 11.3 Å². The van der Waals surface area contributed by atoms with E-state index >= 15 is 0 Å². The van der Waals surface area contributed by atoms with Crippen molar-refractivity contribution in [2.75, 3.05) is 0 Å². The van der Waals surface area contributed by atoms with Gasteiger partial charge >= 0.3 is 0 Å². The lowest BCUT2D eigenvalue weighted by Crippen LogP contribution is -2.03. The van der Waals surface area contributed by atoms with Crippen molar-refractivity contribution in [2.45, 2.75) is 6.54 Å². The van der Waals surface area contributed by atoms with E-state index in [1.165, 1.54) is 5.39 Å². The normalized spacial score (nSPS) is 11.6. The van der Waals surface area contributed by atoms with Gasteiger partial charge in [0.15, 0.2) is 5.65 Å². The molecule has 0 fully saturated rings. The van der Waals surface area contributed by atoms with Crippen LogP contribution in [-0.2, 0) is 13.6 Å². The predicted molar refractivity (Wildman–Crippen MR) is 92.7 cm³/mol. The van der Waals surface area contributed by atoms with Gasteiger partial charge in [0.25, 0.3) is 0 Å². The molecule has 1 aromatic carbocycles. The molecule has 0 unspecified atom stereocenters. The fourth-order valence-electron chi connectivity index (χ4n) is 2.98. The first-order valence-electron chi connectivity index (χ1n) is 7.88. The number of hydrogen-bond donors (Lipinski definition) is 1. The van der Waals surface area contributed by atoms with Gasteiger partial charge in [0.05, 0.1) is 24.6 Å². The van der Waals surface area contributed by atoms with E-state index < -0.39 is 0 Å². The monoisotopic (exact) mass is 330 g/mol. The summed E-state index contributed by atoms with van der Waals surface area (Å²) in [6.07, 6.45) is 7.37. The first-order chi connectivity index (χ1) is 12.3. The van der Waals surface area contributed by atoms with Crippen LogP contribution in [0.15, 0.2) is 49.1 Å².